The van der Waals surface area contributed by atoms with E-state index in [2.05, 4.69) is 10.2 Å². The normalized spacial score (nSPS) is 15.9. The first-order chi connectivity index (χ1) is 14.6. The van der Waals surface area contributed by atoms with Gasteiger partial charge in [-0.3, -0.25) is 9.69 Å². The van der Waals surface area contributed by atoms with Crippen LogP contribution in [0.3, 0.4) is 0 Å². The van der Waals surface area contributed by atoms with Crippen molar-refractivity contribution >= 4 is 16.8 Å². The first-order valence-electron chi connectivity index (χ1n) is 10.5. The van der Waals surface area contributed by atoms with Crippen LogP contribution in [0.2, 0.25) is 0 Å². The highest BCUT2D eigenvalue weighted by atomic mass is 19.1. The lowest BCUT2D eigenvalue weighted by molar-refractivity contribution is -0.121. The van der Waals surface area contributed by atoms with Crippen LogP contribution in [0.1, 0.15) is 23.5 Å². The van der Waals surface area contributed by atoms with Crippen molar-refractivity contribution in [3.63, 3.8) is 0 Å². The summed E-state index contributed by atoms with van der Waals surface area (Å²) in [6.07, 6.45) is 2.22. The van der Waals surface area contributed by atoms with E-state index in [1.54, 1.807) is 12.1 Å². The van der Waals surface area contributed by atoms with Gasteiger partial charge >= 0.3 is 0 Å². The molecule has 158 valence electrons. The lowest BCUT2D eigenvalue weighted by Crippen LogP contribution is -2.41. The Balaban J connectivity index is 1.54. The van der Waals surface area contributed by atoms with Gasteiger partial charge in [0.1, 0.15) is 5.82 Å². The van der Waals surface area contributed by atoms with E-state index < -0.39 is 0 Å². The van der Waals surface area contributed by atoms with Crippen LogP contribution in [0.25, 0.3) is 10.9 Å². The minimum absolute atomic E-state index is 0.0653. The smallest absolute Gasteiger partial charge is 0.220 e. The van der Waals surface area contributed by atoms with Crippen LogP contribution in [-0.2, 0) is 16.6 Å². The number of para-hydroxylation sites is 1. The first-order valence-corrected chi connectivity index (χ1v) is 10.5. The largest absolute Gasteiger partial charge is 0.379 e. The number of carbonyl (C=O) groups is 1. The number of aryl methyl sites for hydroxylation is 1. The molecule has 0 unspecified atom stereocenters. The molecule has 0 bridgehead atoms. The van der Waals surface area contributed by atoms with Crippen LogP contribution < -0.4 is 5.32 Å². The second-order valence-electron chi connectivity index (χ2n) is 7.79. The summed E-state index contributed by atoms with van der Waals surface area (Å²) in [4.78, 5) is 15.1. The number of nitrogens with one attached hydrogen (secondary N) is 1. The van der Waals surface area contributed by atoms with Crippen LogP contribution in [0.15, 0.2) is 54.7 Å². The Morgan fingerprint density at radius 3 is 2.63 bits per heavy atom. The Hall–Kier alpha value is -2.70. The van der Waals surface area contributed by atoms with E-state index in [0.29, 0.717) is 12.1 Å². The summed E-state index contributed by atoms with van der Waals surface area (Å²) >= 11 is 0. The third-order valence-corrected chi connectivity index (χ3v) is 5.83. The van der Waals surface area contributed by atoms with E-state index in [1.807, 2.05) is 48.1 Å². The average molecular weight is 410 g/mol. The van der Waals surface area contributed by atoms with Crippen molar-refractivity contribution in [1.82, 2.24) is 14.8 Å². The number of amides is 1. The number of fused-ring (bicyclic) bond motifs is 1. The van der Waals surface area contributed by atoms with E-state index in [1.165, 1.54) is 6.07 Å². The number of hydrogen-bond acceptors (Lipinski definition) is 3. The Morgan fingerprint density at radius 2 is 1.83 bits per heavy atom. The zero-order chi connectivity index (χ0) is 20.9. The second-order valence-corrected chi connectivity index (χ2v) is 7.79. The monoisotopic (exact) mass is 409 g/mol. The highest BCUT2D eigenvalue weighted by Gasteiger charge is 2.24. The topological polar surface area (TPSA) is 46.5 Å². The average Bonchev–Trinajstić information content (AvgIpc) is 3.10. The van der Waals surface area contributed by atoms with Crippen molar-refractivity contribution in [3.05, 3.63) is 71.7 Å². The summed E-state index contributed by atoms with van der Waals surface area (Å²) in [5, 5.41) is 4.07. The minimum Gasteiger partial charge on any atom is -0.379 e. The lowest BCUT2D eigenvalue weighted by atomic mass is 9.87. The maximum Gasteiger partial charge on any atom is 0.220 e. The second kappa shape index (κ2) is 9.41. The number of benzene rings is 2. The molecule has 0 aliphatic carbocycles. The standard InChI is InChI=1S/C24H28FN3O2/c1-27-17-21(19-7-3-5-9-23(19)27)20(18-6-2-4-8-22(18)25)16-24(29)26-10-11-28-12-14-30-15-13-28/h2-9,17,20H,10-16H2,1H3,(H,26,29)/t20-/m1/s1. The number of halogens is 1. The Morgan fingerprint density at radius 1 is 1.10 bits per heavy atom. The highest BCUT2D eigenvalue weighted by Crippen LogP contribution is 2.35. The number of ether oxygens (including phenoxy) is 1. The molecule has 1 aliphatic rings. The van der Waals surface area contributed by atoms with Crippen molar-refractivity contribution in [2.24, 2.45) is 7.05 Å². The van der Waals surface area contributed by atoms with Gasteiger partial charge in [0.15, 0.2) is 0 Å². The number of nitrogens with zero attached hydrogens (tertiary/aromatic N) is 2. The van der Waals surface area contributed by atoms with Crippen LogP contribution in [-0.4, -0.2) is 54.8 Å². The van der Waals surface area contributed by atoms with Gasteiger partial charge < -0.3 is 14.6 Å². The zero-order valence-corrected chi connectivity index (χ0v) is 17.3. The molecule has 1 atom stereocenters. The SMILES string of the molecule is Cn1cc([C@H](CC(=O)NCCN2CCOCC2)c2ccccc2F)c2ccccc21. The number of hydrogen-bond donors (Lipinski definition) is 1. The number of morpholine rings is 1. The number of aromatic nitrogens is 1. The zero-order valence-electron chi connectivity index (χ0n) is 17.3. The van der Waals surface area contributed by atoms with E-state index in [0.717, 1.165) is 49.3 Å². The lowest BCUT2D eigenvalue weighted by Gasteiger charge is -2.26. The highest BCUT2D eigenvalue weighted by molar-refractivity contribution is 5.86. The molecule has 1 saturated heterocycles. The van der Waals surface area contributed by atoms with E-state index in [4.69, 9.17) is 4.74 Å². The van der Waals surface area contributed by atoms with Crippen molar-refractivity contribution in [2.75, 3.05) is 39.4 Å². The molecule has 1 aromatic heterocycles. The number of carbonyl (C=O) groups excluding carboxylic acids is 1. The molecule has 2 aromatic carbocycles. The molecule has 2 heterocycles. The van der Waals surface area contributed by atoms with Gasteiger partial charge in [0.25, 0.3) is 0 Å². The molecule has 1 N–H and O–H groups in total. The van der Waals surface area contributed by atoms with Crippen LogP contribution in [0.4, 0.5) is 4.39 Å². The molecule has 1 aliphatic heterocycles. The van der Waals surface area contributed by atoms with E-state index in [-0.39, 0.29) is 24.1 Å². The fraction of sp³-hybridized carbons (Fsp3) is 0.375. The summed E-state index contributed by atoms with van der Waals surface area (Å²) in [5.41, 5.74) is 2.60. The third-order valence-electron chi connectivity index (χ3n) is 5.83. The number of rotatable bonds is 7. The van der Waals surface area contributed by atoms with Gasteiger partial charge in [-0.15, -0.1) is 0 Å². The summed E-state index contributed by atoms with van der Waals surface area (Å²) < 4.78 is 22.1. The molecule has 1 amide bonds. The molecular formula is C24H28FN3O2. The van der Waals surface area contributed by atoms with Gasteiger partial charge in [-0.25, -0.2) is 4.39 Å². The molecule has 0 saturated carbocycles. The van der Waals surface area contributed by atoms with Crippen LogP contribution in [0, 0.1) is 5.82 Å². The van der Waals surface area contributed by atoms with E-state index in [9.17, 15) is 9.18 Å². The first kappa shape index (κ1) is 20.6. The molecule has 3 aromatic rings. The summed E-state index contributed by atoms with van der Waals surface area (Å²) in [6, 6.07) is 14.8. The molecule has 1 fully saturated rings. The molecule has 4 rings (SSSR count). The molecule has 30 heavy (non-hydrogen) atoms. The van der Waals surface area contributed by atoms with Crippen LogP contribution >= 0.6 is 0 Å². The van der Waals surface area contributed by atoms with Crippen molar-refractivity contribution in [3.8, 4) is 0 Å². The van der Waals surface area contributed by atoms with E-state index >= 15 is 0 Å². The Bertz CT molecular complexity index is 1010. The minimum atomic E-state index is -0.347. The Kier molecular flexibility index (Phi) is 6.45. The van der Waals surface area contributed by atoms with Crippen LogP contribution in [0.5, 0.6) is 0 Å². The van der Waals surface area contributed by atoms with Crippen molar-refractivity contribution < 1.29 is 13.9 Å². The molecular weight excluding hydrogens is 381 g/mol. The summed E-state index contributed by atoms with van der Waals surface area (Å²) in [6.45, 7) is 4.65. The van der Waals surface area contributed by atoms with Gasteiger partial charge in [0.05, 0.1) is 13.2 Å². The van der Waals surface area contributed by atoms with Gasteiger partial charge in [-0.05, 0) is 23.3 Å². The third kappa shape index (κ3) is 4.55. The predicted octanol–water partition coefficient (Wildman–Crippen LogP) is 3.29. The Labute approximate surface area is 176 Å². The maximum absolute atomic E-state index is 14.7. The van der Waals surface area contributed by atoms with Gasteiger partial charge in [0.2, 0.25) is 5.91 Å². The fourth-order valence-corrected chi connectivity index (χ4v) is 4.23. The quantitative estimate of drug-likeness (QED) is 0.651. The fourth-order valence-electron chi connectivity index (χ4n) is 4.23. The van der Waals surface area contributed by atoms with Gasteiger partial charge in [-0.2, -0.15) is 0 Å². The van der Waals surface area contributed by atoms with Crippen molar-refractivity contribution in [1.29, 1.82) is 0 Å². The molecule has 6 heteroatoms. The van der Waals surface area contributed by atoms with Crippen molar-refractivity contribution in [2.45, 2.75) is 12.3 Å². The predicted molar refractivity (Wildman–Crippen MR) is 116 cm³/mol. The maximum atomic E-state index is 14.7. The summed E-state index contributed by atoms with van der Waals surface area (Å²) in [5.74, 6) is -0.693. The molecule has 0 spiro atoms. The molecule has 0 radical (unpaired) electrons. The van der Waals surface area contributed by atoms with Gasteiger partial charge in [-0.1, -0.05) is 36.4 Å². The summed E-state index contributed by atoms with van der Waals surface area (Å²) in [7, 11) is 1.98. The molecule has 5 nitrogen and oxygen atoms in total. The van der Waals surface area contributed by atoms with Gasteiger partial charge in [0, 0.05) is 62.7 Å².